The molecular weight excluding hydrogens is 224 g/mol. The number of aldehydes is 1. The summed E-state index contributed by atoms with van der Waals surface area (Å²) in [6, 6.07) is 10.1. The Morgan fingerprint density at radius 2 is 2.06 bits per heavy atom. The molecule has 0 aromatic heterocycles. The molecule has 1 aromatic carbocycles. The first-order valence-corrected chi connectivity index (χ1v) is 7.00. The van der Waals surface area contributed by atoms with Gasteiger partial charge in [-0.3, -0.25) is 0 Å². The molecule has 3 atom stereocenters. The fourth-order valence-corrected chi connectivity index (χ4v) is 2.69. The van der Waals surface area contributed by atoms with Gasteiger partial charge >= 0.3 is 0 Å². The van der Waals surface area contributed by atoms with Crippen LogP contribution in [0.3, 0.4) is 0 Å². The summed E-state index contributed by atoms with van der Waals surface area (Å²) in [6.07, 6.45) is 6.94. The van der Waals surface area contributed by atoms with Crippen LogP contribution < -0.4 is 0 Å². The van der Waals surface area contributed by atoms with Crippen molar-refractivity contribution in [2.24, 2.45) is 5.92 Å². The zero-order chi connectivity index (χ0) is 12.8. The van der Waals surface area contributed by atoms with Gasteiger partial charge in [-0.25, -0.2) is 0 Å². The number of unbranched alkanes of at least 4 members (excludes halogenated alkanes) is 2. The van der Waals surface area contributed by atoms with Crippen LogP contribution in [0, 0.1) is 5.92 Å². The van der Waals surface area contributed by atoms with E-state index in [9.17, 15) is 4.79 Å². The first-order valence-electron chi connectivity index (χ1n) is 7.00. The Morgan fingerprint density at radius 3 is 2.72 bits per heavy atom. The largest absolute Gasteiger partial charge is 0.370 e. The molecule has 1 aliphatic rings. The molecule has 1 aliphatic heterocycles. The summed E-state index contributed by atoms with van der Waals surface area (Å²) < 4.78 is 6.07. The van der Waals surface area contributed by atoms with E-state index in [1.54, 1.807) is 0 Å². The third kappa shape index (κ3) is 3.20. The van der Waals surface area contributed by atoms with Gasteiger partial charge in [0.1, 0.15) is 6.29 Å². The lowest BCUT2D eigenvalue weighted by Gasteiger charge is -2.15. The highest BCUT2D eigenvalue weighted by molar-refractivity contribution is 5.56. The van der Waals surface area contributed by atoms with E-state index in [0.29, 0.717) is 0 Å². The number of carbonyl (C=O) groups is 1. The number of rotatable bonds is 6. The van der Waals surface area contributed by atoms with E-state index in [-0.39, 0.29) is 18.1 Å². The van der Waals surface area contributed by atoms with Gasteiger partial charge in [-0.05, 0) is 18.4 Å². The zero-order valence-corrected chi connectivity index (χ0v) is 11.0. The first-order chi connectivity index (χ1) is 8.85. The highest BCUT2D eigenvalue weighted by Crippen LogP contribution is 2.38. The minimum absolute atomic E-state index is 0.0269. The van der Waals surface area contributed by atoms with Gasteiger partial charge < -0.3 is 9.53 Å². The molecule has 1 unspecified atom stereocenters. The lowest BCUT2D eigenvalue weighted by Crippen LogP contribution is -2.08. The Bertz CT molecular complexity index is 361. The van der Waals surface area contributed by atoms with E-state index in [2.05, 4.69) is 19.1 Å². The van der Waals surface area contributed by atoms with Crippen LogP contribution in [0.25, 0.3) is 0 Å². The number of benzene rings is 1. The molecule has 98 valence electrons. The molecule has 2 nitrogen and oxygen atoms in total. The number of hydrogen-bond donors (Lipinski definition) is 0. The second-order valence-corrected chi connectivity index (χ2v) is 5.12. The number of ether oxygens (including phenoxy) is 1. The molecule has 0 aliphatic carbocycles. The maximum absolute atomic E-state index is 11.2. The van der Waals surface area contributed by atoms with Crippen molar-refractivity contribution < 1.29 is 9.53 Å². The molecular formula is C16H22O2. The highest BCUT2D eigenvalue weighted by atomic mass is 16.5. The van der Waals surface area contributed by atoms with Gasteiger partial charge in [-0.1, -0.05) is 56.5 Å². The fraction of sp³-hybridized carbons (Fsp3) is 0.562. The molecule has 2 rings (SSSR count). The van der Waals surface area contributed by atoms with Gasteiger partial charge in [0.15, 0.2) is 0 Å². The van der Waals surface area contributed by atoms with Crippen molar-refractivity contribution in [2.45, 2.75) is 51.2 Å². The van der Waals surface area contributed by atoms with E-state index in [1.165, 1.54) is 19.3 Å². The molecule has 1 saturated heterocycles. The Hall–Kier alpha value is -1.15. The average molecular weight is 246 g/mol. The maximum Gasteiger partial charge on any atom is 0.126 e. The lowest BCUT2D eigenvalue weighted by molar-refractivity contribution is -0.112. The van der Waals surface area contributed by atoms with Crippen LogP contribution in [0.15, 0.2) is 30.3 Å². The topological polar surface area (TPSA) is 26.3 Å². The van der Waals surface area contributed by atoms with Crippen LogP contribution in [0.2, 0.25) is 0 Å². The van der Waals surface area contributed by atoms with Gasteiger partial charge in [0, 0.05) is 5.92 Å². The van der Waals surface area contributed by atoms with Crippen LogP contribution >= 0.6 is 0 Å². The minimum Gasteiger partial charge on any atom is -0.370 e. The van der Waals surface area contributed by atoms with Gasteiger partial charge in [0.25, 0.3) is 0 Å². The Balaban J connectivity index is 1.96. The summed E-state index contributed by atoms with van der Waals surface area (Å²) in [5.74, 6) is 0.0269. The normalized spacial score (nSPS) is 27.3. The molecule has 0 bridgehead atoms. The lowest BCUT2D eigenvalue weighted by atomic mass is 9.94. The molecule has 18 heavy (non-hydrogen) atoms. The SMILES string of the molecule is CCCCC[C@@H]1CC(C=O)[C@H](c2ccccc2)O1. The van der Waals surface area contributed by atoms with Crippen LogP contribution in [0.4, 0.5) is 0 Å². The first kappa shape index (κ1) is 13.3. The summed E-state index contributed by atoms with van der Waals surface area (Å²) >= 11 is 0. The Labute approximate surface area is 109 Å². The van der Waals surface area contributed by atoms with Crippen molar-refractivity contribution >= 4 is 6.29 Å². The van der Waals surface area contributed by atoms with Crippen molar-refractivity contribution in [3.8, 4) is 0 Å². The molecule has 2 heteroatoms. The second-order valence-electron chi connectivity index (χ2n) is 5.12. The third-order valence-corrected chi connectivity index (χ3v) is 3.70. The smallest absolute Gasteiger partial charge is 0.126 e. The molecule has 0 saturated carbocycles. The molecule has 1 fully saturated rings. The molecule has 0 radical (unpaired) electrons. The third-order valence-electron chi connectivity index (χ3n) is 3.70. The standard InChI is InChI=1S/C16H22O2/c1-2-3-5-10-15-11-14(12-17)16(18-15)13-8-6-4-7-9-13/h4,6-9,12,14-16H,2-3,5,10-11H2,1H3/t14?,15-,16+/m1/s1. The minimum atomic E-state index is -0.0321. The van der Waals surface area contributed by atoms with E-state index < -0.39 is 0 Å². The Kier molecular flexibility index (Phi) is 4.94. The van der Waals surface area contributed by atoms with Crippen molar-refractivity contribution in [3.05, 3.63) is 35.9 Å². The molecule has 1 aromatic rings. The quantitative estimate of drug-likeness (QED) is 0.562. The maximum atomic E-state index is 11.2. The predicted octanol–water partition coefficient (Wildman–Crippen LogP) is 3.91. The zero-order valence-electron chi connectivity index (χ0n) is 11.0. The average Bonchev–Trinajstić information content (AvgIpc) is 2.83. The monoisotopic (exact) mass is 246 g/mol. The van der Waals surface area contributed by atoms with Crippen molar-refractivity contribution in [2.75, 3.05) is 0 Å². The highest BCUT2D eigenvalue weighted by Gasteiger charge is 2.35. The molecule has 0 spiro atoms. The van der Waals surface area contributed by atoms with Crippen molar-refractivity contribution in [1.82, 2.24) is 0 Å². The van der Waals surface area contributed by atoms with Gasteiger partial charge in [0.05, 0.1) is 12.2 Å². The van der Waals surface area contributed by atoms with Crippen LogP contribution in [-0.4, -0.2) is 12.4 Å². The Morgan fingerprint density at radius 1 is 1.28 bits per heavy atom. The van der Waals surface area contributed by atoms with Crippen molar-refractivity contribution in [1.29, 1.82) is 0 Å². The fourth-order valence-electron chi connectivity index (χ4n) is 2.69. The summed E-state index contributed by atoms with van der Waals surface area (Å²) in [5.41, 5.74) is 1.13. The predicted molar refractivity (Wildman–Crippen MR) is 72.4 cm³/mol. The van der Waals surface area contributed by atoms with Crippen LogP contribution in [-0.2, 0) is 9.53 Å². The van der Waals surface area contributed by atoms with Crippen molar-refractivity contribution in [3.63, 3.8) is 0 Å². The number of carbonyl (C=O) groups excluding carboxylic acids is 1. The molecule has 0 N–H and O–H groups in total. The van der Waals surface area contributed by atoms with Gasteiger partial charge in [0.2, 0.25) is 0 Å². The van der Waals surface area contributed by atoms with Crippen LogP contribution in [0.5, 0.6) is 0 Å². The van der Waals surface area contributed by atoms with E-state index in [0.717, 1.165) is 24.7 Å². The molecule has 0 amide bonds. The van der Waals surface area contributed by atoms with Gasteiger partial charge in [-0.2, -0.15) is 0 Å². The van der Waals surface area contributed by atoms with E-state index in [1.807, 2.05) is 18.2 Å². The molecule has 1 heterocycles. The van der Waals surface area contributed by atoms with Gasteiger partial charge in [-0.15, -0.1) is 0 Å². The summed E-state index contributed by atoms with van der Waals surface area (Å²) in [6.45, 7) is 2.20. The summed E-state index contributed by atoms with van der Waals surface area (Å²) in [5, 5.41) is 0. The summed E-state index contributed by atoms with van der Waals surface area (Å²) in [4.78, 5) is 11.2. The second kappa shape index (κ2) is 6.69. The summed E-state index contributed by atoms with van der Waals surface area (Å²) in [7, 11) is 0. The number of hydrogen-bond acceptors (Lipinski definition) is 2. The van der Waals surface area contributed by atoms with E-state index >= 15 is 0 Å². The van der Waals surface area contributed by atoms with E-state index in [4.69, 9.17) is 4.74 Å². The van der Waals surface area contributed by atoms with Crippen LogP contribution in [0.1, 0.15) is 50.7 Å².